The Labute approximate surface area is 157 Å². The van der Waals surface area contributed by atoms with E-state index in [4.69, 9.17) is 11.6 Å². The fourth-order valence-electron chi connectivity index (χ4n) is 2.86. The predicted molar refractivity (Wildman–Crippen MR) is 105 cm³/mol. The number of nitrogens with zero attached hydrogens (tertiary/aromatic N) is 2. The Hall–Kier alpha value is -2.73. The number of carbonyl (C=O) groups excluding carboxylic acids is 2. The number of piperazine rings is 1. The molecular formula is C19H21ClN4O2. The van der Waals surface area contributed by atoms with Gasteiger partial charge in [0.1, 0.15) is 0 Å². The van der Waals surface area contributed by atoms with Gasteiger partial charge >= 0.3 is 6.03 Å². The molecule has 3 amide bonds. The van der Waals surface area contributed by atoms with Gasteiger partial charge in [-0.25, -0.2) is 4.79 Å². The molecule has 2 N–H and O–H groups in total. The van der Waals surface area contributed by atoms with E-state index in [0.717, 1.165) is 23.8 Å². The SMILES string of the molecule is CC(=O)Nc1ccc(NC(=O)N2CCN(c3ccc(Cl)cc3)CC2)cc1. The molecule has 1 aliphatic heterocycles. The molecule has 0 aliphatic carbocycles. The largest absolute Gasteiger partial charge is 0.368 e. The second kappa shape index (κ2) is 8.10. The second-order valence-corrected chi connectivity index (χ2v) is 6.58. The standard InChI is InChI=1S/C19H21ClN4O2/c1-14(25)21-16-4-6-17(7-5-16)22-19(26)24-12-10-23(11-13-24)18-8-2-15(20)3-9-18/h2-9H,10-13H2,1H3,(H,21,25)(H,22,26). The van der Waals surface area contributed by atoms with Gasteiger partial charge in [0.15, 0.2) is 0 Å². The lowest BCUT2D eigenvalue weighted by Gasteiger charge is -2.36. The van der Waals surface area contributed by atoms with Crippen LogP contribution in [0.4, 0.5) is 21.9 Å². The van der Waals surface area contributed by atoms with Crippen LogP contribution in [0.25, 0.3) is 0 Å². The molecular weight excluding hydrogens is 352 g/mol. The number of hydrogen-bond acceptors (Lipinski definition) is 3. The number of amides is 3. The highest BCUT2D eigenvalue weighted by Gasteiger charge is 2.21. The molecule has 0 spiro atoms. The molecule has 1 aliphatic rings. The van der Waals surface area contributed by atoms with Crippen LogP contribution in [0.5, 0.6) is 0 Å². The number of halogens is 1. The van der Waals surface area contributed by atoms with Crippen molar-refractivity contribution < 1.29 is 9.59 Å². The quantitative estimate of drug-likeness (QED) is 0.864. The van der Waals surface area contributed by atoms with Crippen LogP contribution in [0.1, 0.15) is 6.92 Å². The van der Waals surface area contributed by atoms with Gasteiger partial charge in [0.25, 0.3) is 0 Å². The smallest absolute Gasteiger partial charge is 0.321 e. The van der Waals surface area contributed by atoms with Crippen molar-refractivity contribution in [2.24, 2.45) is 0 Å². The van der Waals surface area contributed by atoms with Gasteiger partial charge in [0, 0.05) is 55.2 Å². The van der Waals surface area contributed by atoms with E-state index in [1.165, 1.54) is 6.92 Å². The molecule has 0 unspecified atom stereocenters. The Kier molecular flexibility index (Phi) is 5.63. The molecule has 2 aromatic carbocycles. The minimum absolute atomic E-state index is 0.118. The van der Waals surface area contributed by atoms with Crippen molar-refractivity contribution in [2.75, 3.05) is 41.7 Å². The minimum Gasteiger partial charge on any atom is -0.368 e. The number of anilines is 3. The van der Waals surface area contributed by atoms with Crippen molar-refractivity contribution in [3.63, 3.8) is 0 Å². The topological polar surface area (TPSA) is 64.7 Å². The van der Waals surface area contributed by atoms with Gasteiger partial charge < -0.3 is 20.4 Å². The highest BCUT2D eigenvalue weighted by atomic mass is 35.5. The molecule has 3 rings (SSSR count). The summed E-state index contributed by atoms with van der Waals surface area (Å²) in [6, 6.07) is 14.7. The summed E-state index contributed by atoms with van der Waals surface area (Å²) in [4.78, 5) is 27.5. The molecule has 0 atom stereocenters. The Morgan fingerprint density at radius 3 is 1.92 bits per heavy atom. The van der Waals surface area contributed by atoms with E-state index in [1.807, 2.05) is 24.3 Å². The van der Waals surface area contributed by atoms with Crippen molar-refractivity contribution in [3.05, 3.63) is 53.6 Å². The molecule has 0 aromatic heterocycles. The third-order valence-corrected chi connectivity index (χ3v) is 4.47. The summed E-state index contributed by atoms with van der Waals surface area (Å²) in [7, 11) is 0. The van der Waals surface area contributed by atoms with Crippen molar-refractivity contribution in [1.29, 1.82) is 0 Å². The number of rotatable bonds is 3. The normalized spacial score (nSPS) is 14.1. The van der Waals surface area contributed by atoms with Gasteiger partial charge in [-0.1, -0.05) is 11.6 Å². The maximum atomic E-state index is 12.4. The Balaban J connectivity index is 1.52. The number of urea groups is 1. The zero-order valence-corrected chi connectivity index (χ0v) is 15.3. The van der Waals surface area contributed by atoms with Crippen LogP contribution in [0.2, 0.25) is 5.02 Å². The molecule has 26 heavy (non-hydrogen) atoms. The van der Waals surface area contributed by atoms with E-state index < -0.39 is 0 Å². The first-order chi connectivity index (χ1) is 12.5. The lowest BCUT2D eigenvalue weighted by atomic mass is 10.2. The van der Waals surface area contributed by atoms with E-state index >= 15 is 0 Å². The van der Waals surface area contributed by atoms with Gasteiger partial charge in [-0.15, -0.1) is 0 Å². The number of hydrogen-bond donors (Lipinski definition) is 2. The summed E-state index contributed by atoms with van der Waals surface area (Å²) in [5, 5.41) is 6.31. The fourth-order valence-corrected chi connectivity index (χ4v) is 2.99. The second-order valence-electron chi connectivity index (χ2n) is 6.14. The summed E-state index contributed by atoms with van der Waals surface area (Å²) in [5.41, 5.74) is 2.51. The van der Waals surface area contributed by atoms with Crippen LogP contribution in [0.15, 0.2) is 48.5 Å². The first kappa shape index (κ1) is 18.1. The highest BCUT2D eigenvalue weighted by molar-refractivity contribution is 6.30. The van der Waals surface area contributed by atoms with Crippen LogP contribution in [0, 0.1) is 0 Å². The Morgan fingerprint density at radius 1 is 0.846 bits per heavy atom. The summed E-state index contributed by atoms with van der Waals surface area (Å²) in [5.74, 6) is -0.125. The van der Waals surface area contributed by atoms with Gasteiger partial charge in [-0.05, 0) is 48.5 Å². The lowest BCUT2D eigenvalue weighted by Crippen LogP contribution is -2.50. The van der Waals surface area contributed by atoms with Crippen LogP contribution >= 0.6 is 11.6 Å². The zero-order valence-electron chi connectivity index (χ0n) is 14.5. The summed E-state index contributed by atoms with van der Waals surface area (Å²) in [6.07, 6.45) is 0. The maximum absolute atomic E-state index is 12.4. The molecule has 1 saturated heterocycles. The Bertz CT molecular complexity index is 769. The van der Waals surface area contributed by atoms with E-state index in [1.54, 1.807) is 29.2 Å². The fraction of sp³-hybridized carbons (Fsp3) is 0.263. The molecule has 136 valence electrons. The number of benzene rings is 2. The van der Waals surface area contributed by atoms with Crippen molar-refractivity contribution in [1.82, 2.24) is 4.90 Å². The highest BCUT2D eigenvalue weighted by Crippen LogP contribution is 2.20. The molecule has 2 aromatic rings. The van der Waals surface area contributed by atoms with Crippen LogP contribution < -0.4 is 15.5 Å². The van der Waals surface area contributed by atoms with E-state index in [9.17, 15) is 9.59 Å². The predicted octanol–water partition coefficient (Wildman–Crippen LogP) is 3.65. The first-order valence-electron chi connectivity index (χ1n) is 8.45. The van der Waals surface area contributed by atoms with Crippen molar-refractivity contribution in [3.8, 4) is 0 Å². The third-order valence-electron chi connectivity index (χ3n) is 4.22. The van der Waals surface area contributed by atoms with E-state index in [2.05, 4.69) is 15.5 Å². The average molecular weight is 373 g/mol. The molecule has 1 fully saturated rings. The lowest BCUT2D eigenvalue weighted by molar-refractivity contribution is -0.114. The molecule has 6 nitrogen and oxygen atoms in total. The molecule has 7 heteroatoms. The van der Waals surface area contributed by atoms with E-state index in [0.29, 0.717) is 24.5 Å². The van der Waals surface area contributed by atoms with Crippen LogP contribution in [-0.2, 0) is 4.79 Å². The van der Waals surface area contributed by atoms with Crippen molar-refractivity contribution >= 4 is 40.6 Å². The van der Waals surface area contributed by atoms with Gasteiger partial charge in [0.05, 0.1) is 0 Å². The number of nitrogens with one attached hydrogen (secondary N) is 2. The Morgan fingerprint density at radius 2 is 1.38 bits per heavy atom. The molecule has 1 heterocycles. The molecule has 0 saturated carbocycles. The third kappa shape index (κ3) is 4.67. The van der Waals surface area contributed by atoms with Gasteiger partial charge in [-0.3, -0.25) is 4.79 Å². The van der Waals surface area contributed by atoms with Crippen LogP contribution in [-0.4, -0.2) is 43.0 Å². The van der Waals surface area contributed by atoms with Gasteiger partial charge in [-0.2, -0.15) is 0 Å². The maximum Gasteiger partial charge on any atom is 0.321 e. The summed E-state index contributed by atoms with van der Waals surface area (Å²) in [6.45, 7) is 4.31. The zero-order chi connectivity index (χ0) is 18.5. The summed E-state index contributed by atoms with van der Waals surface area (Å²) >= 11 is 5.93. The first-order valence-corrected chi connectivity index (χ1v) is 8.83. The number of carbonyl (C=O) groups is 2. The van der Waals surface area contributed by atoms with Gasteiger partial charge in [0.2, 0.25) is 5.91 Å². The average Bonchev–Trinajstić information content (AvgIpc) is 2.64. The van der Waals surface area contributed by atoms with Crippen LogP contribution in [0.3, 0.4) is 0 Å². The monoisotopic (exact) mass is 372 g/mol. The summed E-state index contributed by atoms with van der Waals surface area (Å²) < 4.78 is 0. The van der Waals surface area contributed by atoms with Crippen molar-refractivity contribution in [2.45, 2.75) is 6.92 Å². The van der Waals surface area contributed by atoms with E-state index in [-0.39, 0.29) is 11.9 Å². The molecule has 0 radical (unpaired) electrons. The minimum atomic E-state index is -0.125. The molecule has 0 bridgehead atoms.